The van der Waals surface area contributed by atoms with E-state index in [1.165, 1.54) is 16.3 Å². The summed E-state index contributed by atoms with van der Waals surface area (Å²) in [6.45, 7) is 0. The van der Waals surface area contributed by atoms with E-state index < -0.39 is 9.84 Å². The van der Waals surface area contributed by atoms with Gasteiger partial charge in [0.15, 0.2) is 9.84 Å². The maximum Gasteiger partial charge on any atom is 0.154 e. The highest BCUT2D eigenvalue weighted by molar-refractivity contribution is 9.09. The molecule has 0 saturated carbocycles. The van der Waals surface area contributed by atoms with Crippen molar-refractivity contribution in [2.45, 2.75) is 35.8 Å². The minimum atomic E-state index is -2.93. The molecule has 1 fully saturated rings. The fraction of sp³-hybridized carbons (Fsp3) is 0.412. The highest BCUT2D eigenvalue weighted by atomic mass is 79.9. The Morgan fingerprint density at radius 3 is 2.62 bits per heavy atom. The standard InChI is InChI=1S/C17H19BrO2S/c18-16(17-7-3-4-10-21(17,19)20)12-13-8-9-14-5-1-2-6-15(14)11-13/h1-2,5-6,8-9,11,16-17H,3-4,7,10,12H2. The number of rotatable bonds is 3. The lowest BCUT2D eigenvalue weighted by molar-refractivity contribution is 0.533. The van der Waals surface area contributed by atoms with Crippen LogP contribution in [-0.2, 0) is 16.3 Å². The van der Waals surface area contributed by atoms with Gasteiger partial charge in [-0.15, -0.1) is 0 Å². The second kappa shape index (κ2) is 6.09. The van der Waals surface area contributed by atoms with Gasteiger partial charge in [-0.1, -0.05) is 64.8 Å². The normalized spacial score (nSPS) is 23.0. The van der Waals surface area contributed by atoms with E-state index in [-0.39, 0.29) is 10.1 Å². The minimum Gasteiger partial charge on any atom is -0.229 e. The first kappa shape index (κ1) is 15.0. The van der Waals surface area contributed by atoms with Gasteiger partial charge in [0.2, 0.25) is 0 Å². The number of hydrogen-bond acceptors (Lipinski definition) is 2. The van der Waals surface area contributed by atoms with E-state index in [1.807, 2.05) is 12.1 Å². The van der Waals surface area contributed by atoms with Crippen LogP contribution in [0.3, 0.4) is 0 Å². The third-order valence-corrected chi connectivity index (χ3v) is 7.93. The van der Waals surface area contributed by atoms with Gasteiger partial charge in [0.05, 0.1) is 11.0 Å². The molecule has 0 spiro atoms. The Balaban J connectivity index is 1.81. The highest BCUT2D eigenvalue weighted by Gasteiger charge is 2.34. The zero-order chi connectivity index (χ0) is 14.9. The summed E-state index contributed by atoms with van der Waals surface area (Å²) >= 11 is 3.64. The molecule has 1 heterocycles. The molecule has 0 amide bonds. The summed E-state index contributed by atoms with van der Waals surface area (Å²) in [5.41, 5.74) is 1.19. The van der Waals surface area contributed by atoms with Crippen LogP contribution in [0.1, 0.15) is 24.8 Å². The summed E-state index contributed by atoms with van der Waals surface area (Å²) in [5.74, 6) is 0.345. The molecule has 0 aliphatic carbocycles. The van der Waals surface area contributed by atoms with Crippen molar-refractivity contribution in [2.75, 3.05) is 5.75 Å². The Labute approximate surface area is 134 Å². The molecular formula is C17H19BrO2S. The SMILES string of the molecule is O=S1(=O)CCCCC1C(Br)Cc1ccc2ccccc2c1. The molecule has 3 rings (SSSR count). The number of alkyl halides is 1. The monoisotopic (exact) mass is 366 g/mol. The molecule has 1 aliphatic rings. The summed E-state index contributed by atoms with van der Waals surface area (Å²) in [6, 6.07) is 14.6. The van der Waals surface area contributed by atoms with Gasteiger partial charge in [-0.25, -0.2) is 8.42 Å². The fourth-order valence-corrected chi connectivity index (χ4v) is 6.71. The van der Waals surface area contributed by atoms with Crippen LogP contribution in [0, 0.1) is 0 Å². The molecule has 0 aromatic heterocycles. The zero-order valence-corrected chi connectivity index (χ0v) is 14.2. The average Bonchev–Trinajstić information content (AvgIpc) is 2.46. The van der Waals surface area contributed by atoms with Crippen LogP contribution in [-0.4, -0.2) is 24.2 Å². The van der Waals surface area contributed by atoms with Crippen molar-refractivity contribution in [3.8, 4) is 0 Å². The zero-order valence-electron chi connectivity index (χ0n) is 11.8. The Morgan fingerprint density at radius 2 is 1.86 bits per heavy atom. The molecule has 0 N–H and O–H groups in total. The first-order valence-corrected chi connectivity index (χ1v) is 10.0. The van der Waals surface area contributed by atoms with E-state index in [1.54, 1.807) is 0 Å². The average molecular weight is 367 g/mol. The summed E-state index contributed by atoms with van der Waals surface area (Å²) < 4.78 is 24.4. The van der Waals surface area contributed by atoms with E-state index in [0.717, 1.165) is 25.7 Å². The van der Waals surface area contributed by atoms with Gasteiger partial charge in [0.25, 0.3) is 0 Å². The maximum atomic E-state index is 12.2. The lowest BCUT2D eigenvalue weighted by Gasteiger charge is -2.26. The largest absolute Gasteiger partial charge is 0.229 e. The van der Waals surface area contributed by atoms with Gasteiger partial charge >= 0.3 is 0 Å². The molecule has 0 radical (unpaired) electrons. The predicted octanol–water partition coefficient (Wildman–Crippen LogP) is 4.11. The molecule has 0 bridgehead atoms. The van der Waals surface area contributed by atoms with Gasteiger partial charge < -0.3 is 0 Å². The predicted molar refractivity (Wildman–Crippen MR) is 91.8 cm³/mol. The van der Waals surface area contributed by atoms with E-state index >= 15 is 0 Å². The third-order valence-electron chi connectivity index (χ3n) is 4.28. The van der Waals surface area contributed by atoms with Crippen molar-refractivity contribution >= 4 is 36.5 Å². The van der Waals surface area contributed by atoms with Crippen molar-refractivity contribution < 1.29 is 8.42 Å². The Bertz CT molecular complexity index is 739. The lowest BCUT2D eigenvalue weighted by atomic mass is 10.0. The number of benzene rings is 2. The minimum absolute atomic E-state index is 0.00367. The molecule has 2 aromatic carbocycles. The Morgan fingerprint density at radius 1 is 1.10 bits per heavy atom. The van der Waals surface area contributed by atoms with E-state index in [9.17, 15) is 8.42 Å². The molecule has 2 unspecified atom stereocenters. The van der Waals surface area contributed by atoms with Crippen LogP contribution < -0.4 is 0 Å². The van der Waals surface area contributed by atoms with Gasteiger partial charge in [-0.05, 0) is 35.6 Å². The van der Waals surface area contributed by atoms with Gasteiger partial charge in [-0.2, -0.15) is 0 Å². The van der Waals surface area contributed by atoms with Crippen LogP contribution in [0.15, 0.2) is 42.5 Å². The molecule has 1 saturated heterocycles. The molecule has 21 heavy (non-hydrogen) atoms. The molecule has 1 aliphatic heterocycles. The smallest absolute Gasteiger partial charge is 0.154 e. The van der Waals surface area contributed by atoms with Gasteiger partial charge in [0.1, 0.15) is 0 Å². The van der Waals surface area contributed by atoms with Crippen LogP contribution in [0.5, 0.6) is 0 Å². The van der Waals surface area contributed by atoms with Crippen molar-refractivity contribution in [1.82, 2.24) is 0 Å². The Kier molecular flexibility index (Phi) is 4.36. The maximum absolute atomic E-state index is 12.2. The second-order valence-corrected chi connectivity index (χ2v) is 9.32. The third kappa shape index (κ3) is 3.32. The van der Waals surface area contributed by atoms with Gasteiger partial charge in [-0.3, -0.25) is 0 Å². The van der Waals surface area contributed by atoms with Crippen LogP contribution >= 0.6 is 15.9 Å². The molecule has 2 atom stereocenters. The summed E-state index contributed by atoms with van der Waals surface area (Å²) in [5, 5.41) is 2.19. The highest BCUT2D eigenvalue weighted by Crippen LogP contribution is 2.29. The summed E-state index contributed by atoms with van der Waals surface area (Å²) in [7, 11) is -2.93. The fourth-order valence-electron chi connectivity index (χ4n) is 3.11. The summed E-state index contributed by atoms with van der Waals surface area (Å²) in [6.07, 6.45) is 3.37. The van der Waals surface area contributed by atoms with Crippen molar-refractivity contribution in [1.29, 1.82) is 0 Å². The van der Waals surface area contributed by atoms with E-state index in [0.29, 0.717) is 5.75 Å². The quantitative estimate of drug-likeness (QED) is 0.765. The Hall–Kier alpha value is -0.870. The first-order chi connectivity index (χ1) is 10.1. The topological polar surface area (TPSA) is 34.1 Å². The number of sulfone groups is 1. The molecule has 112 valence electrons. The lowest BCUT2D eigenvalue weighted by Crippen LogP contribution is -2.36. The van der Waals surface area contributed by atoms with Crippen LogP contribution in [0.2, 0.25) is 0 Å². The number of halogens is 1. The van der Waals surface area contributed by atoms with Crippen molar-refractivity contribution in [3.63, 3.8) is 0 Å². The van der Waals surface area contributed by atoms with Gasteiger partial charge in [0, 0.05) is 4.83 Å². The number of hydrogen-bond donors (Lipinski definition) is 0. The molecule has 4 heteroatoms. The van der Waals surface area contributed by atoms with E-state index in [2.05, 4.69) is 46.3 Å². The summed E-state index contributed by atoms with van der Waals surface area (Å²) in [4.78, 5) is 0.00367. The molecule has 2 aromatic rings. The first-order valence-electron chi connectivity index (χ1n) is 7.39. The number of fused-ring (bicyclic) bond motifs is 1. The van der Waals surface area contributed by atoms with Crippen molar-refractivity contribution in [3.05, 3.63) is 48.0 Å². The van der Waals surface area contributed by atoms with Crippen molar-refractivity contribution in [2.24, 2.45) is 0 Å². The van der Waals surface area contributed by atoms with Crippen LogP contribution in [0.25, 0.3) is 10.8 Å². The van der Waals surface area contributed by atoms with E-state index in [4.69, 9.17) is 0 Å². The second-order valence-electron chi connectivity index (χ2n) is 5.80. The molecular weight excluding hydrogens is 348 g/mol. The molecule has 2 nitrogen and oxygen atoms in total. The van der Waals surface area contributed by atoms with Crippen LogP contribution in [0.4, 0.5) is 0 Å².